The Hall–Kier alpha value is -1.35. The molecule has 0 saturated carbocycles. The average molecular weight is 201 g/mol. The summed E-state index contributed by atoms with van der Waals surface area (Å²) in [5.41, 5.74) is 0.178. The highest BCUT2D eigenvalue weighted by Gasteiger charge is 2.05. The van der Waals surface area contributed by atoms with Crippen LogP contribution in [0.1, 0.15) is 5.56 Å². The number of aromatic hydroxyl groups is 1. The van der Waals surface area contributed by atoms with E-state index in [9.17, 15) is 14.3 Å². The van der Waals surface area contributed by atoms with Gasteiger partial charge in [-0.05, 0) is 24.3 Å². The number of hydrogen-bond donors (Lipinski definition) is 1. The van der Waals surface area contributed by atoms with Crippen molar-refractivity contribution in [3.8, 4) is 5.75 Å². The molecule has 1 N–H and O–H groups in total. The summed E-state index contributed by atoms with van der Waals surface area (Å²) in [6, 6.07) is 2.08. The van der Waals surface area contributed by atoms with Crippen LogP contribution in [0.2, 0.25) is 5.02 Å². The van der Waals surface area contributed by atoms with E-state index in [1.54, 1.807) is 0 Å². The van der Waals surface area contributed by atoms with Crippen molar-refractivity contribution in [3.05, 3.63) is 34.6 Å². The smallest absolute Gasteiger partial charge is 0.142 e. The number of benzene rings is 1. The van der Waals surface area contributed by atoms with Crippen molar-refractivity contribution in [3.63, 3.8) is 0 Å². The summed E-state index contributed by atoms with van der Waals surface area (Å²) in [6.07, 6.45) is 2.94. The van der Waals surface area contributed by atoms with Crippen molar-refractivity contribution in [1.82, 2.24) is 0 Å². The first-order valence-corrected chi connectivity index (χ1v) is 3.83. The van der Waals surface area contributed by atoms with Crippen LogP contribution in [-0.4, -0.2) is 11.4 Å². The van der Waals surface area contributed by atoms with Gasteiger partial charge in [0.15, 0.2) is 0 Å². The van der Waals surface area contributed by atoms with Gasteiger partial charge in [-0.2, -0.15) is 0 Å². The molecule has 0 bridgehead atoms. The molecule has 2 nitrogen and oxygen atoms in total. The number of carbonyl (C=O) groups excluding carboxylic acids is 1. The van der Waals surface area contributed by atoms with Gasteiger partial charge in [-0.3, -0.25) is 4.79 Å². The first kappa shape index (κ1) is 9.74. The van der Waals surface area contributed by atoms with Crippen LogP contribution >= 0.6 is 11.6 Å². The molecule has 0 aliphatic rings. The SMILES string of the molecule is O=CC=Cc1cc(F)cc(Cl)c1O. The molecule has 0 spiro atoms. The maximum Gasteiger partial charge on any atom is 0.142 e. The van der Waals surface area contributed by atoms with Gasteiger partial charge in [0, 0.05) is 5.56 Å². The maximum absolute atomic E-state index is 12.7. The van der Waals surface area contributed by atoms with Crippen LogP contribution in [-0.2, 0) is 4.79 Å². The van der Waals surface area contributed by atoms with Gasteiger partial charge in [0.1, 0.15) is 17.9 Å². The minimum absolute atomic E-state index is 0.0782. The Balaban J connectivity index is 3.19. The van der Waals surface area contributed by atoms with Crippen LogP contribution in [0.4, 0.5) is 4.39 Å². The van der Waals surface area contributed by atoms with Crippen molar-refractivity contribution in [2.75, 3.05) is 0 Å². The largest absolute Gasteiger partial charge is 0.506 e. The quantitative estimate of drug-likeness (QED) is 0.588. The number of allylic oxidation sites excluding steroid dienone is 1. The molecule has 4 heteroatoms. The van der Waals surface area contributed by atoms with Gasteiger partial charge in [0.05, 0.1) is 5.02 Å². The van der Waals surface area contributed by atoms with Crippen LogP contribution in [0, 0.1) is 5.82 Å². The Morgan fingerprint density at radius 2 is 2.15 bits per heavy atom. The molecular weight excluding hydrogens is 195 g/mol. The highest BCUT2D eigenvalue weighted by atomic mass is 35.5. The third-order valence-electron chi connectivity index (χ3n) is 1.41. The van der Waals surface area contributed by atoms with Crippen molar-refractivity contribution >= 4 is 24.0 Å². The van der Waals surface area contributed by atoms with Crippen molar-refractivity contribution in [2.24, 2.45) is 0 Å². The summed E-state index contributed by atoms with van der Waals surface area (Å²) in [5, 5.41) is 9.20. The number of carbonyl (C=O) groups is 1. The molecular formula is C9H6ClFO2. The van der Waals surface area contributed by atoms with Crippen molar-refractivity contribution in [1.29, 1.82) is 0 Å². The Bertz CT molecular complexity index is 361. The maximum atomic E-state index is 12.7. The fraction of sp³-hybridized carbons (Fsp3) is 0. The lowest BCUT2D eigenvalue weighted by molar-refractivity contribution is -0.104. The van der Waals surface area contributed by atoms with Gasteiger partial charge in [0.25, 0.3) is 0 Å². The minimum Gasteiger partial charge on any atom is -0.506 e. The zero-order valence-corrected chi connectivity index (χ0v) is 7.25. The number of hydrogen-bond acceptors (Lipinski definition) is 2. The molecule has 13 heavy (non-hydrogen) atoms. The summed E-state index contributed by atoms with van der Waals surface area (Å²) in [4.78, 5) is 9.96. The van der Waals surface area contributed by atoms with E-state index in [2.05, 4.69) is 0 Å². The molecule has 1 aromatic rings. The van der Waals surface area contributed by atoms with E-state index < -0.39 is 5.82 Å². The molecule has 1 aromatic carbocycles. The van der Waals surface area contributed by atoms with Gasteiger partial charge in [0.2, 0.25) is 0 Å². The van der Waals surface area contributed by atoms with E-state index in [4.69, 9.17) is 11.6 Å². The average Bonchev–Trinajstić information content (AvgIpc) is 2.09. The van der Waals surface area contributed by atoms with Gasteiger partial charge < -0.3 is 5.11 Å². The fourth-order valence-electron chi connectivity index (χ4n) is 0.856. The van der Waals surface area contributed by atoms with E-state index in [0.29, 0.717) is 6.29 Å². The molecule has 0 saturated heterocycles. The van der Waals surface area contributed by atoms with Crippen LogP contribution in [0.5, 0.6) is 5.75 Å². The van der Waals surface area contributed by atoms with Crippen LogP contribution in [0.3, 0.4) is 0 Å². The number of halogens is 2. The second-order valence-corrected chi connectivity index (χ2v) is 2.73. The highest BCUT2D eigenvalue weighted by Crippen LogP contribution is 2.29. The number of phenolic OH excluding ortho intramolecular Hbond substituents is 1. The molecule has 68 valence electrons. The summed E-state index contributed by atoms with van der Waals surface area (Å²) >= 11 is 5.49. The predicted molar refractivity (Wildman–Crippen MR) is 48.2 cm³/mol. The van der Waals surface area contributed by atoms with Crippen molar-refractivity contribution < 1.29 is 14.3 Å². The Morgan fingerprint density at radius 1 is 1.46 bits per heavy atom. The second kappa shape index (κ2) is 4.05. The van der Waals surface area contributed by atoms with Gasteiger partial charge >= 0.3 is 0 Å². The lowest BCUT2D eigenvalue weighted by Gasteiger charge is -2.00. The first-order chi connectivity index (χ1) is 6.15. The van der Waals surface area contributed by atoms with Gasteiger partial charge in [-0.15, -0.1) is 0 Å². The monoisotopic (exact) mass is 200 g/mol. The molecule has 0 aliphatic heterocycles. The topological polar surface area (TPSA) is 37.3 Å². The predicted octanol–water partition coefficient (Wildman–Crippen LogP) is 2.40. The number of aldehydes is 1. The molecule has 0 atom stereocenters. The lowest BCUT2D eigenvalue weighted by atomic mass is 10.2. The van der Waals surface area contributed by atoms with Crippen LogP contribution < -0.4 is 0 Å². The Kier molecular flexibility index (Phi) is 3.03. The van der Waals surface area contributed by atoms with Crippen molar-refractivity contribution in [2.45, 2.75) is 0 Å². The molecule has 1 rings (SSSR count). The fourth-order valence-corrected chi connectivity index (χ4v) is 1.07. The zero-order chi connectivity index (χ0) is 9.84. The van der Waals surface area contributed by atoms with Gasteiger partial charge in [-0.1, -0.05) is 11.6 Å². The standard InChI is InChI=1S/C9H6ClFO2/c10-8-5-7(11)4-6(9(8)13)2-1-3-12/h1-5,13H. The Labute approximate surface area is 79.3 Å². The zero-order valence-electron chi connectivity index (χ0n) is 6.50. The van der Waals surface area contributed by atoms with Gasteiger partial charge in [-0.25, -0.2) is 4.39 Å². The number of rotatable bonds is 2. The molecule has 0 amide bonds. The van der Waals surface area contributed by atoms with E-state index in [1.807, 2.05) is 0 Å². The summed E-state index contributed by atoms with van der Waals surface area (Å²) in [7, 11) is 0. The highest BCUT2D eigenvalue weighted by molar-refractivity contribution is 6.32. The van der Waals surface area contributed by atoms with Crippen LogP contribution in [0.25, 0.3) is 6.08 Å². The number of phenols is 1. The normalized spacial score (nSPS) is 10.6. The lowest BCUT2D eigenvalue weighted by Crippen LogP contribution is -1.80. The van der Waals surface area contributed by atoms with E-state index >= 15 is 0 Å². The summed E-state index contributed by atoms with van der Waals surface area (Å²) in [5.74, 6) is -0.797. The molecule has 0 unspecified atom stereocenters. The third-order valence-corrected chi connectivity index (χ3v) is 1.70. The minimum atomic E-state index is -0.562. The van der Waals surface area contributed by atoms with E-state index in [0.717, 1.165) is 18.2 Å². The van der Waals surface area contributed by atoms with E-state index in [1.165, 1.54) is 6.08 Å². The molecule has 0 fully saturated rings. The first-order valence-electron chi connectivity index (χ1n) is 3.45. The van der Waals surface area contributed by atoms with Crippen LogP contribution in [0.15, 0.2) is 18.2 Å². The third kappa shape index (κ3) is 2.29. The molecule has 0 radical (unpaired) electrons. The summed E-state index contributed by atoms with van der Waals surface area (Å²) < 4.78 is 12.7. The summed E-state index contributed by atoms with van der Waals surface area (Å²) in [6.45, 7) is 0. The molecule has 0 aliphatic carbocycles. The Morgan fingerprint density at radius 3 is 2.77 bits per heavy atom. The molecule has 0 aromatic heterocycles. The second-order valence-electron chi connectivity index (χ2n) is 2.32. The molecule has 0 heterocycles. The van der Waals surface area contributed by atoms with E-state index in [-0.39, 0.29) is 16.3 Å².